The third kappa shape index (κ3) is 4.59. The molecule has 1 unspecified atom stereocenters. The largest absolute Gasteiger partial charge is 0.598 e. The molecule has 0 rings (SSSR count). The van der Waals surface area contributed by atoms with Crippen molar-refractivity contribution < 1.29 is 26.1 Å². The van der Waals surface area contributed by atoms with Crippen LogP contribution in [0.4, 0.5) is 13.2 Å². The minimum atomic E-state index is -5.45. The van der Waals surface area contributed by atoms with Gasteiger partial charge in [-0.15, -0.1) is 0 Å². The van der Waals surface area contributed by atoms with Gasteiger partial charge in [0.05, 0.1) is 11.4 Å². The molecule has 0 aliphatic rings. The average Bonchev–Trinajstić information content (AvgIpc) is 1.56. The van der Waals surface area contributed by atoms with Crippen LogP contribution in [0.3, 0.4) is 0 Å². The topological polar surface area (TPSA) is 69.2 Å². The van der Waals surface area contributed by atoms with E-state index in [2.05, 4.69) is 0 Å². The van der Waals surface area contributed by atoms with Gasteiger partial charge in [-0.1, -0.05) is 0 Å². The van der Waals surface area contributed by atoms with E-state index in [9.17, 15) is 26.1 Å². The zero-order valence-electron chi connectivity index (χ0n) is 6.18. The van der Waals surface area contributed by atoms with Crippen LogP contribution in [-0.4, -0.2) is 43.6 Å². The fourth-order valence-corrected chi connectivity index (χ4v) is 1.82. The van der Waals surface area contributed by atoms with Crippen molar-refractivity contribution >= 4 is 40.2 Å². The Morgan fingerprint density at radius 1 is 1.42 bits per heavy atom. The van der Waals surface area contributed by atoms with E-state index < -0.39 is 26.9 Å². The second-order valence-electron chi connectivity index (χ2n) is 1.49. The molecule has 1 radical (unpaired) electrons. The number of alkyl halides is 3. The second-order valence-corrected chi connectivity index (χ2v) is 4.53. The third-order valence-corrected chi connectivity index (χ3v) is 2.96. The normalized spacial score (nSPS) is 15.1. The van der Waals surface area contributed by atoms with Gasteiger partial charge in [-0.2, -0.15) is 21.6 Å². The van der Waals surface area contributed by atoms with Crippen molar-refractivity contribution in [3.63, 3.8) is 0 Å². The van der Waals surface area contributed by atoms with Crippen molar-refractivity contribution in [2.75, 3.05) is 6.26 Å². The van der Waals surface area contributed by atoms with Crippen LogP contribution < -0.4 is 4.13 Å². The number of halogens is 3. The summed E-state index contributed by atoms with van der Waals surface area (Å²) in [6.07, 6.45) is 0.781. The number of rotatable bonds is 2. The molecule has 12 heavy (non-hydrogen) atoms. The van der Waals surface area contributed by atoms with Crippen LogP contribution in [0, 0.1) is 0 Å². The van der Waals surface area contributed by atoms with E-state index in [0.29, 0.717) is 0 Å². The van der Waals surface area contributed by atoms with Crippen molar-refractivity contribution in [3.8, 4) is 0 Å². The molecule has 0 heterocycles. The summed E-state index contributed by atoms with van der Waals surface area (Å²) in [5, 5.41) is 0. The summed E-state index contributed by atoms with van der Waals surface area (Å²) in [4.78, 5) is 0. The van der Waals surface area contributed by atoms with Crippen molar-refractivity contribution in [3.05, 3.63) is 0 Å². The maximum Gasteiger partial charge on any atom is 0.515 e. The Morgan fingerprint density at radius 3 is 1.83 bits per heavy atom. The van der Waals surface area contributed by atoms with Crippen LogP contribution >= 0.6 is 0 Å². The fourth-order valence-electron chi connectivity index (χ4n) is 0.202. The minimum absolute atomic E-state index is 0. The Balaban J connectivity index is 0. The van der Waals surface area contributed by atoms with Crippen molar-refractivity contribution in [1.82, 2.24) is 4.13 Å². The van der Waals surface area contributed by atoms with E-state index in [0.717, 1.165) is 10.4 Å². The Hall–Kier alpha value is 0.607. The first-order valence-electron chi connectivity index (χ1n) is 2.09. The van der Waals surface area contributed by atoms with Crippen molar-refractivity contribution in [2.24, 2.45) is 0 Å². The van der Waals surface area contributed by atoms with Gasteiger partial charge in [0.1, 0.15) is 6.26 Å². The molecule has 0 amide bonds. The summed E-state index contributed by atoms with van der Waals surface area (Å²) in [6, 6.07) is 0. The quantitative estimate of drug-likeness (QED) is 0.494. The van der Waals surface area contributed by atoms with Gasteiger partial charge in [-0.25, -0.2) is 0 Å². The SMILES string of the molecule is C[S+]([O-])NS(=O)(=O)C(F)(F)F.[Li]. The summed E-state index contributed by atoms with van der Waals surface area (Å²) in [5.41, 5.74) is -5.40. The second kappa shape index (κ2) is 4.74. The van der Waals surface area contributed by atoms with E-state index in [1.165, 1.54) is 0 Å². The first-order valence-corrected chi connectivity index (χ1v) is 5.13. The molecule has 0 aromatic heterocycles. The number of nitrogens with one attached hydrogen (secondary N) is 1. The summed E-state index contributed by atoms with van der Waals surface area (Å²) in [6.45, 7) is 0. The standard InChI is InChI=1S/C2H4F3NO3S2.Li/c1-10(7)6-11(8,9)2(3,4)5;/h6H,1H3;. The van der Waals surface area contributed by atoms with Crippen LogP contribution in [0.25, 0.3) is 0 Å². The first kappa shape index (κ1) is 15.1. The molecule has 0 aromatic rings. The first-order chi connectivity index (χ1) is 4.67. The molecule has 10 heteroatoms. The monoisotopic (exact) mass is 218 g/mol. The molecule has 0 saturated carbocycles. The summed E-state index contributed by atoms with van der Waals surface area (Å²) in [7, 11) is -5.45. The zero-order valence-corrected chi connectivity index (χ0v) is 7.81. The van der Waals surface area contributed by atoms with Crippen LogP contribution in [0.1, 0.15) is 0 Å². The fraction of sp³-hybridized carbons (Fsp3) is 1.00. The molecule has 0 aliphatic heterocycles. The van der Waals surface area contributed by atoms with Gasteiger partial charge in [0.25, 0.3) is 0 Å². The average molecular weight is 218 g/mol. The van der Waals surface area contributed by atoms with Gasteiger partial charge in [0, 0.05) is 18.9 Å². The predicted molar refractivity (Wildman–Crippen MR) is 37.9 cm³/mol. The zero-order chi connectivity index (χ0) is 9.28. The molecule has 4 nitrogen and oxygen atoms in total. The van der Waals surface area contributed by atoms with Crippen LogP contribution in [0.2, 0.25) is 0 Å². The van der Waals surface area contributed by atoms with Crippen LogP contribution in [-0.2, 0) is 21.4 Å². The van der Waals surface area contributed by atoms with Gasteiger partial charge < -0.3 is 4.55 Å². The molecule has 0 saturated heterocycles. The molecule has 0 bridgehead atoms. The summed E-state index contributed by atoms with van der Waals surface area (Å²) < 4.78 is 65.2. The van der Waals surface area contributed by atoms with Gasteiger partial charge in [-0.05, 0) is 4.13 Å². The molecule has 0 aromatic carbocycles. The van der Waals surface area contributed by atoms with E-state index in [1.807, 2.05) is 0 Å². The third-order valence-electron chi connectivity index (χ3n) is 0.532. The smallest absolute Gasteiger partial charge is 0.515 e. The van der Waals surface area contributed by atoms with Crippen LogP contribution in [0.15, 0.2) is 0 Å². The molecule has 69 valence electrons. The number of hydrogen-bond donors (Lipinski definition) is 1. The molecule has 1 atom stereocenters. The molecule has 1 N–H and O–H groups in total. The van der Waals surface area contributed by atoms with Crippen LogP contribution in [0.5, 0.6) is 0 Å². The van der Waals surface area contributed by atoms with Crippen molar-refractivity contribution in [2.45, 2.75) is 5.51 Å². The van der Waals surface area contributed by atoms with E-state index in [-0.39, 0.29) is 18.9 Å². The van der Waals surface area contributed by atoms with Crippen molar-refractivity contribution in [1.29, 1.82) is 0 Å². The van der Waals surface area contributed by atoms with E-state index in [4.69, 9.17) is 0 Å². The van der Waals surface area contributed by atoms with Gasteiger partial charge in [0.15, 0.2) is 0 Å². The molecular formula is C2H4F3LiNO3S2. The van der Waals surface area contributed by atoms with Gasteiger partial charge in [0.2, 0.25) is 0 Å². The minimum Gasteiger partial charge on any atom is -0.598 e. The molecule has 0 spiro atoms. The Labute approximate surface area is 82.4 Å². The molecule has 0 fully saturated rings. The van der Waals surface area contributed by atoms with E-state index in [1.54, 1.807) is 0 Å². The summed E-state index contributed by atoms with van der Waals surface area (Å²) >= 11 is -2.24. The maximum absolute atomic E-state index is 11.4. The Morgan fingerprint density at radius 2 is 1.75 bits per heavy atom. The number of sulfonamides is 1. The molecule has 0 aliphatic carbocycles. The maximum atomic E-state index is 11.4. The Bertz CT molecular complexity index is 224. The molecular weight excluding hydrogens is 214 g/mol. The van der Waals surface area contributed by atoms with E-state index >= 15 is 0 Å². The van der Waals surface area contributed by atoms with Gasteiger partial charge in [-0.3, -0.25) is 0 Å². The van der Waals surface area contributed by atoms with Gasteiger partial charge >= 0.3 is 15.5 Å². The number of hydrogen-bond acceptors (Lipinski definition) is 3. The summed E-state index contributed by atoms with van der Waals surface area (Å²) in [5.74, 6) is 0. The Kier molecular flexibility index (Phi) is 5.96. The predicted octanol–water partition coefficient (Wildman–Crippen LogP) is -0.662.